The number of methoxy groups -OCH3 is 1. The molecule has 84 valence electrons. The lowest BCUT2D eigenvalue weighted by Crippen LogP contribution is -1.98. The molecule has 0 spiro atoms. The van der Waals surface area contributed by atoms with E-state index >= 15 is 0 Å². The molecule has 0 aliphatic carbocycles. The van der Waals surface area contributed by atoms with E-state index in [1.807, 2.05) is 18.2 Å². The van der Waals surface area contributed by atoms with Gasteiger partial charge in [0.15, 0.2) is 0 Å². The second kappa shape index (κ2) is 4.94. The van der Waals surface area contributed by atoms with Crippen LogP contribution >= 0.6 is 11.6 Å². The van der Waals surface area contributed by atoms with Crippen molar-refractivity contribution in [2.45, 2.75) is 6.54 Å². The summed E-state index contributed by atoms with van der Waals surface area (Å²) < 4.78 is 10.1. The highest BCUT2D eigenvalue weighted by molar-refractivity contribution is 6.32. The Morgan fingerprint density at radius 2 is 2.25 bits per heavy atom. The Kier molecular flexibility index (Phi) is 3.37. The molecule has 0 aliphatic rings. The predicted molar refractivity (Wildman–Crippen MR) is 64.0 cm³/mol. The third-order valence-electron chi connectivity index (χ3n) is 2.23. The molecule has 1 aromatic carbocycles. The Hall–Kier alpha value is -1.61. The highest BCUT2D eigenvalue weighted by atomic mass is 35.5. The molecule has 0 unspecified atom stereocenters. The van der Waals surface area contributed by atoms with E-state index in [2.05, 4.69) is 5.32 Å². The molecule has 0 radical (unpaired) electrons. The van der Waals surface area contributed by atoms with Crippen molar-refractivity contribution in [3.05, 3.63) is 47.4 Å². The van der Waals surface area contributed by atoms with Crippen LogP contribution in [0.2, 0.25) is 5.02 Å². The maximum atomic E-state index is 5.93. The van der Waals surface area contributed by atoms with Gasteiger partial charge in [-0.2, -0.15) is 0 Å². The van der Waals surface area contributed by atoms with Crippen LogP contribution in [0.1, 0.15) is 5.56 Å². The third kappa shape index (κ3) is 2.49. The summed E-state index contributed by atoms with van der Waals surface area (Å²) in [6, 6.07) is 7.49. The van der Waals surface area contributed by atoms with Gasteiger partial charge in [-0.25, -0.2) is 0 Å². The Labute approximate surface area is 99.0 Å². The average Bonchev–Trinajstić information content (AvgIpc) is 2.81. The van der Waals surface area contributed by atoms with Crippen molar-refractivity contribution >= 4 is 17.3 Å². The van der Waals surface area contributed by atoms with E-state index in [-0.39, 0.29) is 0 Å². The van der Waals surface area contributed by atoms with Crippen LogP contribution in [0.5, 0.6) is 5.75 Å². The van der Waals surface area contributed by atoms with Crippen LogP contribution in [0.4, 0.5) is 5.69 Å². The summed E-state index contributed by atoms with van der Waals surface area (Å²) in [4.78, 5) is 0. The van der Waals surface area contributed by atoms with Crippen molar-refractivity contribution in [2.24, 2.45) is 0 Å². The molecule has 0 amide bonds. The number of halogens is 1. The van der Waals surface area contributed by atoms with Gasteiger partial charge in [0, 0.05) is 23.9 Å². The van der Waals surface area contributed by atoms with Gasteiger partial charge in [0.25, 0.3) is 0 Å². The zero-order valence-corrected chi connectivity index (χ0v) is 9.62. The topological polar surface area (TPSA) is 34.4 Å². The number of rotatable bonds is 4. The molecule has 0 fully saturated rings. The van der Waals surface area contributed by atoms with E-state index in [1.165, 1.54) is 0 Å². The summed E-state index contributed by atoms with van der Waals surface area (Å²) in [5.41, 5.74) is 2.05. The van der Waals surface area contributed by atoms with Crippen molar-refractivity contribution in [3.63, 3.8) is 0 Å². The number of furan rings is 1. The lowest BCUT2D eigenvalue weighted by Gasteiger charge is -2.08. The van der Waals surface area contributed by atoms with E-state index in [4.69, 9.17) is 20.8 Å². The van der Waals surface area contributed by atoms with Crippen LogP contribution < -0.4 is 10.1 Å². The maximum absolute atomic E-state index is 5.93. The molecule has 0 aliphatic heterocycles. The Balaban J connectivity index is 2.04. The first kappa shape index (κ1) is 10.9. The van der Waals surface area contributed by atoms with Crippen LogP contribution in [0.25, 0.3) is 0 Å². The number of hydrogen-bond acceptors (Lipinski definition) is 3. The average molecular weight is 238 g/mol. The smallest absolute Gasteiger partial charge is 0.139 e. The highest BCUT2D eigenvalue weighted by Gasteiger charge is 2.01. The number of ether oxygens (including phenoxy) is 1. The molecule has 4 heteroatoms. The fourth-order valence-corrected chi connectivity index (χ4v) is 1.56. The normalized spacial score (nSPS) is 10.1. The molecule has 2 aromatic rings. The van der Waals surface area contributed by atoms with Crippen LogP contribution in [-0.2, 0) is 6.54 Å². The molecule has 0 atom stereocenters. The van der Waals surface area contributed by atoms with Gasteiger partial charge in [-0.1, -0.05) is 11.6 Å². The summed E-state index contributed by atoms with van der Waals surface area (Å²) in [6.07, 6.45) is 3.36. The minimum atomic E-state index is 0.608. The number of anilines is 1. The van der Waals surface area contributed by atoms with Crippen LogP contribution in [-0.4, -0.2) is 7.11 Å². The van der Waals surface area contributed by atoms with Crippen molar-refractivity contribution < 1.29 is 9.15 Å². The fourth-order valence-electron chi connectivity index (χ4n) is 1.37. The van der Waals surface area contributed by atoms with Crippen LogP contribution in [0.3, 0.4) is 0 Å². The van der Waals surface area contributed by atoms with Crippen molar-refractivity contribution in [2.75, 3.05) is 12.4 Å². The second-order valence-corrected chi connectivity index (χ2v) is 3.74. The third-order valence-corrected chi connectivity index (χ3v) is 2.54. The van der Waals surface area contributed by atoms with Gasteiger partial charge in [0.05, 0.1) is 24.7 Å². The number of hydrogen-bond donors (Lipinski definition) is 1. The van der Waals surface area contributed by atoms with Gasteiger partial charge in [-0.3, -0.25) is 0 Å². The van der Waals surface area contributed by atoms with Crippen molar-refractivity contribution in [1.29, 1.82) is 0 Å². The Bertz CT molecular complexity index is 454. The molecule has 1 N–H and O–H groups in total. The first-order valence-corrected chi connectivity index (χ1v) is 5.26. The first-order valence-electron chi connectivity index (χ1n) is 4.88. The lowest BCUT2D eigenvalue weighted by molar-refractivity contribution is 0.415. The molecular formula is C12H12ClNO2. The summed E-state index contributed by atoms with van der Waals surface area (Å²) >= 11 is 5.93. The number of nitrogens with one attached hydrogen (secondary N) is 1. The van der Waals surface area contributed by atoms with Crippen molar-refractivity contribution in [3.8, 4) is 5.75 Å². The first-order chi connectivity index (χ1) is 7.79. The largest absolute Gasteiger partial charge is 0.495 e. The summed E-state index contributed by atoms with van der Waals surface area (Å²) in [5, 5.41) is 3.86. The van der Waals surface area contributed by atoms with E-state index in [0.29, 0.717) is 17.3 Å². The summed E-state index contributed by atoms with van der Waals surface area (Å²) in [5.74, 6) is 0.666. The minimum Gasteiger partial charge on any atom is -0.495 e. The molecular weight excluding hydrogens is 226 g/mol. The van der Waals surface area contributed by atoms with Gasteiger partial charge in [0.2, 0.25) is 0 Å². The molecule has 2 rings (SSSR count). The van der Waals surface area contributed by atoms with E-state index in [1.54, 1.807) is 25.7 Å². The molecule has 16 heavy (non-hydrogen) atoms. The SMILES string of the molecule is COc1cc(NCc2ccoc2)ccc1Cl. The Morgan fingerprint density at radius 1 is 1.38 bits per heavy atom. The van der Waals surface area contributed by atoms with Gasteiger partial charge in [0.1, 0.15) is 5.75 Å². The lowest BCUT2D eigenvalue weighted by atomic mass is 10.2. The van der Waals surface area contributed by atoms with Crippen LogP contribution in [0, 0.1) is 0 Å². The van der Waals surface area contributed by atoms with E-state index < -0.39 is 0 Å². The Morgan fingerprint density at radius 3 is 2.94 bits per heavy atom. The van der Waals surface area contributed by atoms with Crippen LogP contribution in [0.15, 0.2) is 41.2 Å². The zero-order valence-electron chi connectivity index (χ0n) is 8.87. The van der Waals surface area contributed by atoms with Gasteiger partial charge < -0.3 is 14.5 Å². The zero-order chi connectivity index (χ0) is 11.4. The molecule has 3 nitrogen and oxygen atoms in total. The predicted octanol–water partition coefficient (Wildman–Crippen LogP) is 3.55. The van der Waals surface area contributed by atoms with Crippen molar-refractivity contribution in [1.82, 2.24) is 0 Å². The summed E-state index contributed by atoms with van der Waals surface area (Å²) in [7, 11) is 1.60. The summed E-state index contributed by atoms with van der Waals surface area (Å²) in [6.45, 7) is 0.710. The second-order valence-electron chi connectivity index (χ2n) is 3.33. The fraction of sp³-hybridized carbons (Fsp3) is 0.167. The highest BCUT2D eigenvalue weighted by Crippen LogP contribution is 2.27. The van der Waals surface area contributed by atoms with Gasteiger partial charge in [-0.15, -0.1) is 0 Å². The molecule has 0 saturated heterocycles. The number of benzene rings is 1. The quantitative estimate of drug-likeness (QED) is 0.883. The molecule has 0 saturated carbocycles. The van der Waals surface area contributed by atoms with E-state index in [0.717, 1.165) is 11.3 Å². The monoisotopic (exact) mass is 237 g/mol. The minimum absolute atomic E-state index is 0.608. The van der Waals surface area contributed by atoms with Gasteiger partial charge >= 0.3 is 0 Å². The maximum Gasteiger partial charge on any atom is 0.139 e. The van der Waals surface area contributed by atoms with Gasteiger partial charge in [-0.05, 0) is 18.2 Å². The van der Waals surface area contributed by atoms with E-state index in [9.17, 15) is 0 Å². The molecule has 1 aromatic heterocycles. The molecule has 1 heterocycles. The standard InChI is InChI=1S/C12H12ClNO2/c1-15-12-6-10(2-3-11(12)13)14-7-9-4-5-16-8-9/h2-6,8,14H,7H2,1H3. The molecule has 0 bridgehead atoms.